The summed E-state index contributed by atoms with van der Waals surface area (Å²) in [5.74, 6) is -1.12. The number of hydrogen-bond acceptors (Lipinski definition) is 4. The largest absolute Gasteiger partial charge is 0.355 e. The fourth-order valence-electron chi connectivity index (χ4n) is 2.15. The Balaban J connectivity index is 1.56. The number of carbonyl (C=O) groups is 2. The van der Waals surface area contributed by atoms with Gasteiger partial charge in [-0.15, -0.1) is 0 Å². The molecule has 2 aromatic rings. The molecule has 0 fully saturated rings. The topological polar surface area (TPSA) is 52.6 Å². The maximum absolute atomic E-state index is 11.5. The second-order valence-corrected chi connectivity index (χ2v) is 5.61. The van der Waals surface area contributed by atoms with Crippen LogP contribution in [0.5, 0.6) is 0 Å². The number of carbonyl (C=O) groups excluding carboxylic acids is 2. The predicted molar refractivity (Wildman–Crippen MR) is 102 cm³/mol. The lowest BCUT2D eigenvalue weighted by molar-refractivity contribution is -0.259. The van der Waals surface area contributed by atoms with Crippen LogP contribution < -0.4 is 0 Å². The van der Waals surface area contributed by atoms with Crippen LogP contribution in [0.4, 0.5) is 0 Å². The van der Waals surface area contributed by atoms with Crippen LogP contribution in [0, 0.1) is 0 Å². The van der Waals surface area contributed by atoms with Gasteiger partial charge < -0.3 is 0 Å². The zero-order valence-electron chi connectivity index (χ0n) is 14.5. The minimum absolute atomic E-state index is 0.157. The third-order valence-electron chi connectivity index (χ3n) is 3.48. The van der Waals surface area contributed by atoms with Crippen molar-refractivity contribution in [3.05, 3.63) is 83.9 Å². The molecule has 0 radical (unpaired) electrons. The smallest absolute Gasteiger partial charge is 0.247 e. The summed E-state index contributed by atoms with van der Waals surface area (Å²) in [4.78, 5) is 32.1. The summed E-state index contributed by atoms with van der Waals surface area (Å²) in [6.45, 7) is 0. The quantitative estimate of drug-likeness (QED) is 0.498. The van der Waals surface area contributed by atoms with E-state index in [9.17, 15) is 9.59 Å². The van der Waals surface area contributed by atoms with Crippen LogP contribution in [0.2, 0.25) is 0 Å². The van der Waals surface area contributed by atoms with Gasteiger partial charge in [0.15, 0.2) is 0 Å². The van der Waals surface area contributed by atoms with Gasteiger partial charge in [-0.1, -0.05) is 85.0 Å². The maximum atomic E-state index is 11.5. The summed E-state index contributed by atoms with van der Waals surface area (Å²) in [7, 11) is 0. The monoisotopic (exact) mass is 350 g/mol. The Morgan fingerprint density at radius 2 is 1.04 bits per heavy atom. The normalized spacial score (nSPS) is 10.9. The van der Waals surface area contributed by atoms with Gasteiger partial charge in [-0.2, -0.15) is 0 Å². The van der Waals surface area contributed by atoms with Crippen molar-refractivity contribution in [3.8, 4) is 0 Å². The SMILES string of the molecule is O=C(CCC=Cc1ccccc1)OOC(=O)CCC=Cc1ccccc1. The van der Waals surface area contributed by atoms with Crippen LogP contribution in [-0.4, -0.2) is 11.9 Å². The Morgan fingerprint density at radius 1 is 0.654 bits per heavy atom. The first kappa shape index (κ1) is 19.2. The van der Waals surface area contributed by atoms with E-state index in [-0.39, 0.29) is 12.8 Å². The first-order valence-electron chi connectivity index (χ1n) is 8.57. The highest BCUT2D eigenvalue weighted by Gasteiger charge is 2.08. The molecular formula is C22H22O4. The van der Waals surface area contributed by atoms with Gasteiger partial charge in [-0.3, -0.25) is 0 Å². The summed E-state index contributed by atoms with van der Waals surface area (Å²) in [5, 5.41) is 0. The number of rotatable bonds is 8. The van der Waals surface area contributed by atoms with E-state index in [1.54, 1.807) is 0 Å². The van der Waals surface area contributed by atoms with Gasteiger partial charge in [0.25, 0.3) is 0 Å². The van der Waals surface area contributed by atoms with E-state index in [0.717, 1.165) is 11.1 Å². The zero-order valence-corrected chi connectivity index (χ0v) is 14.5. The Labute approximate surface area is 153 Å². The molecule has 0 saturated carbocycles. The van der Waals surface area contributed by atoms with Crippen molar-refractivity contribution in [1.82, 2.24) is 0 Å². The second kappa shape index (κ2) is 11.4. The third-order valence-corrected chi connectivity index (χ3v) is 3.48. The Morgan fingerprint density at radius 3 is 1.42 bits per heavy atom. The molecule has 26 heavy (non-hydrogen) atoms. The van der Waals surface area contributed by atoms with Crippen molar-refractivity contribution >= 4 is 24.1 Å². The molecule has 4 nitrogen and oxygen atoms in total. The summed E-state index contributed by atoms with van der Waals surface area (Å²) in [5.41, 5.74) is 2.13. The standard InChI is InChI=1S/C22H22O4/c23-21(17-9-7-15-19-11-3-1-4-12-19)25-26-22(24)18-10-8-16-20-13-5-2-6-14-20/h1-8,11-16H,9-10,17-18H2. The molecule has 0 aromatic heterocycles. The molecule has 0 aliphatic rings. The van der Waals surface area contributed by atoms with Crippen LogP contribution in [0.25, 0.3) is 12.2 Å². The lowest BCUT2D eigenvalue weighted by Crippen LogP contribution is -2.10. The Hall–Kier alpha value is -3.14. The first-order chi connectivity index (χ1) is 12.7. The van der Waals surface area contributed by atoms with Gasteiger partial charge >= 0.3 is 11.9 Å². The van der Waals surface area contributed by atoms with Gasteiger partial charge in [-0.05, 0) is 24.0 Å². The summed E-state index contributed by atoms with van der Waals surface area (Å²) in [6, 6.07) is 19.6. The van der Waals surface area contributed by atoms with E-state index in [1.165, 1.54) is 0 Å². The minimum atomic E-state index is -0.559. The Kier molecular flexibility index (Phi) is 8.43. The van der Waals surface area contributed by atoms with Gasteiger partial charge in [0.05, 0.1) is 12.8 Å². The van der Waals surface area contributed by atoms with E-state index in [2.05, 4.69) is 9.78 Å². The van der Waals surface area contributed by atoms with Gasteiger partial charge in [-0.25, -0.2) is 19.4 Å². The minimum Gasteiger partial charge on any atom is -0.247 e. The van der Waals surface area contributed by atoms with Crippen molar-refractivity contribution in [2.24, 2.45) is 0 Å². The molecule has 0 saturated heterocycles. The molecule has 2 aromatic carbocycles. The lowest BCUT2D eigenvalue weighted by atomic mass is 10.2. The first-order valence-corrected chi connectivity index (χ1v) is 8.57. The van der Waals surface area contributed by atoms with Crippen molar-refractivity contribution in [2.75, 3.05) is 0 Å². The fourth-order valence-corrected chi connectivity index (χ4v) is 2.15. The third kappa shape index (κ3) is 8.11. The Bertz CT molecular complexity index is 668. The molecule has 134 valence electrons. The summed E-state index contributed by atoms with van der Waals surface area (Å²) < 4.78 is 0. The van der Waals surface area contributed by atoms with Gasteiger partial charge in [0.2, 0.25) is 0 Å². The van der Waals surface area contributed by atoms with E-state index >= 15 is 0 Å². The number of allylic oxidation sites excluding steroid dienone is 2. The van der Waals surface area contributed by atoms with Crippen LogP contribution in [0.15, 0.2) is 72.8 Å². The number of benzene rings is 2. The average Bonchev–Trinajstić information content (AvgIpc) is 2.68. The molecule has 0 unspecified atom stereocenters. The van der Waals surface area contributed by atoms with Crippen LogP contribution in [0.3, 0.4) is 0 Å². The van der Waals surface area contributed by atoms with Crippen molar-refractivity contribution in [2.45, 2.75) is 25.7 Å². The van der Waals surface area contributed by atoms with Crippen LogP contribution in [0.1, 0.15) is 36.8 Å². The van der Waals surface area contributed by atoms with Crippen molar-refractivity contribution in [1.29, 1.82) is 0 Å². The van der Waals surface area contributed by atoms with E-state index in [4.69, 9.17) is 0 Å². The molecule has 0 aliphatic carbocycles. The van der Waals surface area contributed by atoms with E-state index in [0.29, 0.717) is 12.8 Å². The maximum Gasteiger partial charge on any atom is 0.355 e. The molecule has 2 rings (SSSR count). The predicted octanol–water partition coefficient (Wildman–Crippen LogP) is 4.98. The fraction of sp³-hybridized carbons (Fsp3) is 0.182. The summed E-state index contributed by atoms with van der Waals surface area (Å²) in [6.07, 6.45) is 8.97. The molecule has 0 atom stereocenters. The van der Waals surface area contributed by atoms with Crippen molar-refractivity contribution in [3.63, 3.8) is 0 Å². The molecule has 0 N–H and O–H groups in total. The lowest BCUT2D eigenvalue weighted by Gasteiger charge is -2.01. The van der Waals surface area contributed by atoms with E-state index < -0.39 is 11.9 Å². The molecule has 0 bridgehead atoms. The highest BCUT2D eigenvalue weighted by molar-refractivity contribution is 5.73. The molecule has 0 spiro atoms. The molecule has 0 amide bonds. The van der Waals surface area contributed by atoms with Crippen LogP contribution in [-0.2, 0) is 19.4 Å². The molecule has 4 heteroatoms. The zero-order chi connectivity index (χ0) is 18.5. The van der Waals surface area contributed by atoms with Gasteiger partial charge in [0.1, 0.15) is 0 Å². The van der Waals surface area contributed by atoms with Crippen LogP contribution >= 0.6 is 0 Å². The summed E-state index contributed by atoms with van der Waals surface area (Å²) >= 11 is 0. The van der Waals surface area contributed by atoms with Gasteiger partial charge in [0, 0.05) is 0 Å². The molecular weight excluding hydrogens is 328 g/mol. The number of hydrogen-bond donors (Lipinski definition) is 0. The highest BCUT2D eigenvalue weighted by atomic mass is 17.2. The van der Waals surface area contributed by atoms with E-state index in [1.807, 2.05) is 85.0 Å². The second-order valence-electron chi connectivity index (χ2n) is 5.61. The molecule has 0 aliphatic heterocycles. The molecule has 0 heterocycles. The highest BCUT2D eigenvalue weighted by Crippen LogP contribution is 2.05. The average molecular weight is 350 g/mol. The van der Waals surface area contributed by atoms with Crippen molar-refractivity contribution < 1.29 is 19.4 Å².